The summed E-state index contributed by atoms with van der Waals surface area (Å²) in [5.74, 6) is 1.08. The number of primary amides is 1. The Kier molecular flexibility index (Phi) is 4.32. The van der Waals surface area contributed by atoms with E-state index < -0.39 is 5.91 Å². The zero-order valence-corrected chi connectivity index (χ0v) is 13.0. The Morgan fingerprint density at radius 1 is 1.17 bits per heavy atom. The number of methoxy groups -OCH3 is 1. The molecular formula is C17H19N4O2. The lowest BCUT2D eigenvalue weighted by molar-refractivity contribution is 0.0995. The lowest BCUT2D eigenvalue weighted by atomic mass is 10.2. The third kappa shape index (κ3) is 3.21. The number of nitrogens with two attached hydrogens (primary N) is 1. The Morgan fingerprint density at radius 2 is 1.87 bits per heavy atom. The van der Waals surface area contributed by atoms with E-state index in [0.717, 1.165) is 43.4 Å². The molecule has 1 radical (unpaired) electrons. The molecule has 23 heavy (non-hydrogen) atoms. The average Bonchev–Trinajstić information content (AvgIpc) is 2.62. The first-order valence-electron chi connectivity index (χ1n) is 7.50. The molecular weight excluding hydrogens is 292 g/mol. The first kappa shape index (κ1) is 15.1. The van der Waals surface area contributed by atoms with Crippen LogP contribution in [0, 0.1) is 6.07 Å². The fourth-order valence-corrected chi connectivity index (χ4v) is 2.75. The van der Waals surface area contributed by atoms with Crippen molar-refractivity contribution in [1.29, 1.82) is 0 Å². The largest absolute Gasteiger partial charge is 0.495 e. The van der Waals surface area contributed by atoms with Crippen molar-refractivity contribution in [2.75, 3.05) is 43.1 Å². The average molecular weight is 311 g/mol. The van der Waals surface area contributed by atoms with Gasteiger partial charge in [-0.15, -0.1) is 0 Å². The van der Waals surface area contributed by atoms with Crippen molar-refractivity contribution >= 4 is 17.4 Å². The van der Waals surface area contributed by atoms with Gasteiger partial charge in [-0.05, 0) is 24.3 Å². The molecule has 1 aromatic heterocycles. The van der Waals surface area contributed by atoms with Gasteiger partial charge in [-0.1, -0.05) is 12.1 Å². The molecule has 119 valence electrons. The van der Waals surface area contributed by atoms with Crippen LogP contribution >= 0.6 is 0 Å². The number of ether oxygens (including phenoxy) is 1. The molecule has 1 aromatic carbocycles. The van der Waals surface area contributed by atoms with Gasteiger partial charge in [-0.2, -0.15) is 0 Å². The van der Waals surface area contributed by atoms with E-state index in [2.05, 4.69) is 26.9 Å². The molecule has 0 saturated carbocycles. The van der Waals surface area contributed by atoms with Crippen molar-refractivity contribution in [3.05, 3.63) is 48.2 Å². The molecule has 0 aliphatic carbocycles. The molecule has 1 amide bonds. The summed E-state index contributed by atoms with van der Waals surface area (Å²) in [5, 5.41) is 0. The number of para-hydroxylation sites is 2. The highest BCUT2D eigenvalue weighted by molar-refractivity contribution is 5.90. The first-order chi connectivity index (χ1) is 11.2. The van der Waals surface area contributed by atoms with Crippen LogP contribution in [0.5, 0.6) is 5.75 Å². The summed E-state index contributed by atoms with van der Waals surface area (Å²) >= 11 is 0. The van der Waals surface area contributed by atoms with E-state index in [1.165, 1.54) is 0 Å². The minimum absolute atomic E-state index is 0.176. The van der Waals surface area contributed by atoms with E-state index >= 15 is 0 Å². The predicted octanol–water partition coefficient (Wildman–Crippen LogP) is 1.32. The van der Waals surface area contributed by atoms with E-state index in [1.54, 1.807) is 13.2 Å². The van der Waals surface area contributed by atoms with E-state index in [0.29, 0.717) is 0 Å². The highest BCUT2D eigenvalue weighted by Crippen LogP contribution is 2.28. The maximum Gasteiger partial charge on any atom is 0.268 e. The molecule has 1 saturated heterocycles. The van der Waals surface area contributed by atoms with Crippen LogP contribution in [0.1, 0.15) is 10.5 Å². The summed E-state index contributed by atoms with van der Waals surface area (Å²) in [6.07, 6.45) is 0. The number of pyridine rings is 1. The first-order valence-corrected chi connectivity index (χ1v) is 7.50. The lowest BCUT2D eigenvalue weighted by Crippen LogP contribution is -2.47. The van der Waals surface area contributed by atoms with Crippen LogP contribution in [0.2, 0.25) is 0 Å². The number of aromatic nitrogens is 1. The van der Waals surface area contributed by atoms with Crippen LogP contribution in [0.4, 0.5) is 11.5 Å². The SMILES string of the molecule is COc1ccccc1N1CCN(c2cc[c]c(C(N)=O)n2)CC1. The minimum atomic E-state index is -0.556. The molecule has 0 atom stereocenters. The number of amides is 1. The van der Waals surface area contributed by atoms with Crippen molar-refractivity contribution in [2.45, 2.75) is 0 Å². The molecule has 0 bridgehead atoms. The Bertz CT molecular complexity index is 696. The summed E-state index contributed by atoms with van der Waals surface area (Å²) < 4.78 is 5.43. The van der Waals surface area contributed by atoms with Crippen LogP contribution in [0.3, 0.4) is 0 Å². The topological polar surface area (TPSA) is 71.7 Å². The van der Waals surface area contributed by atoms with Gasteiger partial charge in [0.2, 0.25) is 0 Å². The number of anilines is 2. The zero-order chi connectivity index (χ0) is 16.2. The van der Waals surface area contributed by atoms with Gasteiger partial charge in [0, 0.05) is 32.2 Å². The molecule has 2 aromatic rings. The molecule has 0 spiro atoms. The second-order valence-corrected chi connectivity index (χ2v) is 5.31. The van der Waals surface area contributed by atoms with E-state index in [4.69, 9.17) is 10.5 Å². The molecule has 6 nitrogen and oxygen atoms in total. The van der Waals surface area contributed by atoms with Crippen LogP contribution in [-0.2, 0) is 0 Å². The lowest BCUT2D eigenvalue weighted by Gasteiger charge is -2.37. The highest BCUT2D eigenvalue weighted by Gasteiger charge is 2.20. The van der Waals surface area contributed by atoms with E-state index in [1.807, 2.05) is 24.3 Å². The van der Waals surface area contributed by atoms with Crippen LogP contribution < -0.4 is 20.3 Å². The predicted molar refractivity (Wildman–Crippen MR) is 89.0 cm³/mol. The standard InChI is InChI=1S/C17H19N4O2/c1-23-15-7-3-2-6-14(15)20-9-11-21(12-10-20)16-8-4-5-13(19-16)17(18)22/h2-4,6-8H,9-12H2,1H3,(H2,18,22). The molecule has 1 aliphatic heterocycles. The summed E-state index contributed by atoms with van der Waals surface area (Å²) in [7, 11) is 1.69. The van der Waals surface area contributed by atoms with Crippen molar-refractivity contribution in [2.24, 2.45) is 5.73 Å². The third-order valence-corrected chi connectivity index (χ3v) is 3.94. The van der Waals surface area contributed by atoms with Crippen molar-refractivity contribution in [3.63, 3.8) is 0 Å². The fraction of sp³-hybridized carbons (Fsp3) is 0.294. The van der Waals surface area contributed by atoms with Crippen LogP contribution in [-0.4, -0.2) is 44.2 Å². The van der Waals surface area contributed by atoms with E-state index in [9.17, 15) is 4.79 Å². The Morgan fingerprint density at radius 3 is 2.57 bits per heavy atom. The minimum Gasteiger partial charge on any atom is -0.495 e. The Hall–Kier alpha value is -2.76. The monoisotopic (exact) mass is 311 g/mol. The van der Waals surface area contributed by atoms with Crippen molar-refractivity contribution in [3.8, 4) is 5.75 Å². The number of nitrogens with zero attached hydrogens (tertiary/aromatic N) is 3. The van der Waals surface area contributed by atoms with Gasteiger partial charge in [0.05, 0.1) is 12.8 Å². The quantitative estimate of drug-likeness (QED) is 0.922. The van der Waals surface area contributed by atoms with Gasteiger partial charge < -0.3 is 20.3 Å². The second kappa shape index (κ2) is 6.56. The zero-order valence-electron chi connectivity index (χ0n) is 13.0. The number of hydrogen-bond acceptors (Lipinski definition) is 5. The molecule has 6 heteroatoms. The molecule has 1 aliphatic rings. The maximum atomic E-state index is 11.2. The van der Waals surface area contributed by atoms with Gasteiger partial charge in [-0.3, -0.25) is 4.79 Å². The Labute approximate surface area is 135 Å². The number of rotatable bonds is 4. The number of carbonyl (C=O) groups excluding carboxylic acids is 1. The maximum absolute atomic E-state index is 11.2. The second-order valence-electron chi connectivity index (χ2n) is 5.31. The molecule has 0 unspecified atom stereocenters. The summed E-state index contributed by atoms with van der Waals surface area (Å²) in [6.45, 7) is 3.33. The van der Waals surface area contributed by atoms with E-state index in [-0.39, 0.29) is 5.69 Å². The third-order valence-electron chi connectivity index (χ3n) is 3.94. The molecule has 2 N–H and O–H groups in total. The fourth-order valence-electron chi connectivity index (χ4n) is 2.75. The van der Waals surface area contributed by atoms with Gasteiger partial charge in [0.25, 0.3) is 5.91 Å². The summed E-state index contributed by atoms with van der Waals surface area (Å²) in [4.78, 5) is 19.9. The Balaban J connectivity index is 1.71. The normalized spacial score (nSPS) is 14.7. The van der Waals surface area contributed by atoms with Gasteiger partial charge in [-0.25, -0.2) is 4.98 Å². The van der Waals surface area contributed by atoms with Crippen molar-refractivity contribution < 1.29 is 9.53 Å². The molecule has 3 rings (SSSR count). The number of carbonyl (C=O) groups is 1. The van der Waals surface area contributed by atoms with Crippen LogP contribution in [0.25, 0.3) is 0 Å². The van der Waals surface area contributed by atoms with Crippen LogP contribution in [0.15, 0.2) is 36.4 Å². The summed E-state index contributed by atoms with van der Waals surface area (Å²) in [5.41, 5.74) is 6.54. The van der Waals surface area contributed by atoms with Gasteiger partial charge >= 0.3 is 0 Å². The number of benzene rings is 1. The van der Waals surface area contributed by atoms with Gasteiger partial charge in [0.1, 0.15) is 17.3 Å². The number of piperazine rings is 1. The molecule has 1 fully saturated rings. The van der Waals surface area contributed by atoms with Gasteiger partial charge in [0.15, 0.2) is 0 Å². The summed E-state index contributed by atoms with van der Waals surface area (Å²) in [6, 6.07) is 14.3. The molecule has 2 heterocycles. The number of hydrogen-bond donors (Lipinski definition) is 1. The highest BCUT2D eigenvalue weighted by atomic mass is 16.5. The smallest absolute Gasteiger partial charge is 0.268 e. The van der Waals surface area contributed by atoms with Crippen molar-refractivity contribution in [1.82, 2.24) is 4.98 Å².